The second-order valence-corrected chi connectivity index (χ2v) is 4.56. The largest absolute Gasteiger partial charge is 0.496 e. The molecule has 0 fully saturated rings. The van der Waals surface area contributed by atoms with Crippen molar-refractivity contribution in [1.82, 2.24) is 0 Å². The summed E-state index contributed by atoms with van der Waals surface area (Å²) >= 11 is 0. The summed E-state index contributed by atoms with van der Waals surface area (Å²) in [5.41, 5.74) is 2.30. The van der Waals surface area contributed by atoms with Crippen molar-refractivity contribution in [3.8, 4) is 5.75 Å². The molecule has 100 valence electrons. The Morgan fingerprint density at radius 3 is 2.63 bits per heavy atom. The topological polar surface area (TPSA) is 29.5 Å². The fourth-order valence-electron chi connectivity index (χ4n) is 2.18. The Morgan fingerprint density at radius 2 is 1.95 bits per heavy atom. The summed E-state index contributed by atoms with van der Waals surface area (Å²) in [5.74, 6) is -0.0698. The van der Waals surface area contributed by atoms with E-state index >= 15 is 0 Å². The lowest BCUT2D eigenvalue weighted by Gasteiger charge is -2.16. The van der Waals surface area contributed by atoms with Crippen molar-refractivity contribution in [1.29, 1.82) is 0 Å². The number of aliphatic hydroxyl groups is 1. The van der Waals surface area contributed by atoms with Crippen LogP contribution in [0, 0.1) is 12.7 Å². The van der Waals surface area contributed by atoms with Gasteiger partial charge in [-0.2, -0.15) is 0 Å². The first-order chi connectivity index (χ1) is 9.11. The predicted octanol–water partition coefficient (Wildman–Crippen LogP) is 3.42. The minimum Gasteiger partial charge on any atom is -0.496 e. The summed E-state index contributed by atoms with van der Waals surface area (Å²) in [6, 6.07) is 12.4. The summed E-state index contributed by atoms with van der Waals surface area (Å²) in [6.45, 7) is 1.99. The molecule has 2 nitrogen and oxygen atoms in total. The number of hydrogen-bond donors (Lipinski definition) is 1. The zero-order valence-electron chi connectivity index (χ0n) is 11.1. The molecule has 1 unspecified atom stereocenters. The maximum Gasteiger partial charge on any atom is 0.132 e. The van der Waals surface area contributed by atoms with Crippen LogP contribution in [0.15, 0.2) is 42.5 Å². The van der Waals surface area contributed by atoms with E-state index in [1.165, 1.54) is 13.2 Å². The van der Waals surface area contributed by atoms with Crippen molar-refractivity contribution >= 4 is 0 Å². The lowest BCUT2D eigenvalue weighted by atomic mass is 9.99. The van der Waals surface area contributed by atoms with Gasteiger partial charge in [0.2, 0.25) is 0 Å². The highest BCUT2D eigenvalue weighted by Gasteiger charge is 2.18. The van der Waals surface area contributed by atoms with Gasteiger partial charge in [-0.05, 0) is 24.6 Å². The molecule has 0 aliphatic heterocycles. The van der Waals surface area contributed by atoms with Gasteiger partial charge in [-0.15, -0.1) is 0 Å². The van der Waals surface area contributed by atoms with E-state index in [4.69, 9.17) is 4.74 Å². The molecule has 1 N–H and O–H groups in total. The smallest absolute Gasteiger partial charge is 0.132 e. The number of hydrogen-bond acceptors (Lipinski definition) is 2. The summed E-state index contributed by atoms with van der Waals surface area (Å²) < 4.78 is 18.9. The fraction of sp³-hybridized carbons (Fsp3) is 0.250. The average Bonchev–Trinajstić information content (AvgIpc) is 2.38. The Bertz CT molecular complexity index is 566. The maximum atomic E-state index is 13.8. The molecule has 0 aromatic heterocycles. The predicted molar refractivity (Wildman–Crippen MR) is 72.8 cm³/mol. The van der Waals surface area contributed by atoms with E-state index in [1.54, 1.807) is 12.1 Å². The van der Waals surface area contributed by atoms with Crippen molar-refractivity contribution in [3.05, 3.63) is 65.0 Å². The highest BCUT2D eigenvalue weighted by atomic mass is 19.1. The number of aryl methyl sites for hydroxylation is 1. The number of ether oxygens (including phenoxy) is 1. The second kappa shape index (κ2) is 5.85. The van der Waals surface area contributed by atoms with E-state index in [0.717, 1.165) is 11.1 Å². The van der Waals surface area contributed by atoms with Crippen LogP contribution in [0.25, 0.3) is 0 Å². The van der Waals surface area contributed by atoms with Gasteiger partial charge < -0.3 is 9.84 Å². The van der Waals surface area contributed by atoms with Crippen molar-refractivity contribution < 1.29 is 14.2 Å². The molecule has 0 bridgehead atoms. The zero-order valence-corrected chi connectivity index (χ0v) is 11.1. The van der Waals surface area contributed by atoms with Crippen LogP contribution in [0.4, 0.5) is 4.39 Å². The van der Waals surface area contributed by atoms with Gasteiger partial charge in [-0.3, -0.25) is 0 Å². The molecule has 0 radical (unpaired) electrons. The van der Waals surface area contributed by atoms with Gasteiger partial charge in [0.15, 0.2) is 0 Å². The van der Waals surface area contributed by atoms with E-state index in [-0.39, 0.29) is 5.56 Å². The Balaban J connectivity index is 2.27. The molecule has 2 aromatic carbocycles. The van der Waals surface area contributed by atoms with Crippen LogP contribution in [-0.2, 0) is 6.42 Å². The van der Waals surface area contributed by atoms with Gasteiger partial charge in [-0.1, -0.05) is 35.9 Å². The number of benzene rings is 2. The first kappa shape index (κ1) is 13.6. The molecule has 0 saturated carbocycles. The molecule has 3 heteroatoms. The second-order valence-electron chi connectivity index (χ2n) is 4.56. The minimum absolute atomic E-state index is 0.214. The molecule has 19 heavy (non-hydrogen) atoms. The van der Waals surface area contributed by atoms with Crippen LogP contribution in [0.3, 0.4) is 0 Å². The quantitative estimate of drug-likeness (QED) is 0.912. The van der Waals surface area contributed by atoms with E-state index in [9.17, 15) is 9.50 Å². The monoisotopic (exact) mass is 260 g/mol. The van der Waals surface area contributed by atoms with Gasteiger partial charge in [0.25, 0.3) is 0 Å². The Kier molecular flexibility index (Phi) is 4.17. The lowest BCUT2D eigenvalue weighted by Crippen LogP contribution is -2.07. The van der Waals surface area contributed by atoms with Gasteiger partial charge in [0, 0.05) is 6.42 Å². The molecule has 0 spiro atoms. The van der Waals surface area contributed by atoms with Crippen LogP contribution in [-0.4, -0.2) is 12.2 Å². The molecule has 0 saturated heterocycles. The number of rotatable bonds is 4. The maximum absolute atomic E-state index is 13.8. The third-order valence-electron chi connectivity index (χ3n) is 3.08. The van der Waals surface area contributed by atoms with E-state index in [0.29, 0.717) is 12.2 Å². The number of methoxy groups -OCH3 is 1. The molecular weight excluding hydrogens is 243 g/mol. The van der Waals surface area contributed by atoms with Crippen molar-refractivity contribution in [2.45, 2.75) is 19.4 Å². The van der Waals surface area contributed by atoms with Crippen LogP contribution >= 0.6 is 0 Å². The van der Waals surface area contributed by atoms with Crippen molar-refractivity contribution in [3.63, 3.8) is 0 Å². The van der Waals surface area contributed by atoms with Gasteiger partial charge in [0.1, 0.15) is 11.6 Å². The molecule has 2 rings (SSSR count). The van der Waals surface area contributed by atoms with Gasteiger partial charge in [-0.25, -0.2) is 4.39 Å². The molecule has 1 atom stereocenters. The standard InChI is InChI=1S/C16H17FO2/c1-11-5-3-6-12(9-11)10-14(18)16-13(17)7-4-8-15(16)19-2/h3-9,14,18H,10H2,1-2H3. The average molecular weight is 260 g/mol. The third-order valence-corrected chi connectivity index (χ3v) is 3.08. The lowest BCUT2D eigenvalue weighted by molar-refractivity contribution is 0.169. The summed E-state index contributed by atoms with van der Waals surface area (Å²) in [7, 11) is 1.47. The number of halogens is 1. The summed E-state index contributed by atoms with van der Waals surface area (Å²) in [4.78, 5) is 0. The van der Waals surface area contributed by atoms with Gasteiger partial charge >= 0.3 is 0 Å². The van der Waals surface area contributed by atoms with Crippen LogP contribution in [0.5, 0.6) is 5.75 Å². The fourth-order valence-corrected chi connectivity index (χ4v) is 2.18. The molecule has 2 aromatic rings. The Morgan fingerprint density at radius 1 is 1.21 bits per heavy atom. The van der Waals surface area contributed by atoms with Crippen molar-refractivity contribution in [2.24, 2.45) is 0 Å². The highest BCUT2D eigenvalue weighted by molar-refractivity contribution is 5.37. The first-order valence-electron chi connectivity index (χ1n) is 6.18. The number of aliphatic hydroxyl groups excluding tert-OH is 1. The van der Waals surface area contributed by atoms with E-state index < -0.39 is 11.9 Å². The van der Waals surface area contributed by atoms with Crippen molar-refractivity contribution in [2.75, 3.05) is 7.11 Å². The normalized spacial score (nSPS) is 12.2. The van der Waals surface area contributed by atoms with Gasteiger partial charge in [0.05, 0.1) is 18.8 Å². The molecular formula is C16H17FO2. The highest BCUT2D eigenvalue weighted by Crippen LogP contribution is 2.30. The van der Waals surface area contributed by atoms with E-state index in [1.807, 2.05) is 31.2 Å². The third kappa shape index (κ3) is 3.12. The zero-order chi connectivity index (χ0) is 13.8. The SMILES string of the molecule is COc1cccc(F)c1C(O)Cc1cccc(C)c1. The van der Waals surface area contributed by atoms with Crippen LogP contribution < -0.4 is 4.74 Å². The van der Waals surface area contributed by atoms with Crippen LogP contribution in [0.2, 0.25) is 0 Å². The van der Waals surface area contributed by atoms with E-state index in [2.05, 4.69) is 0 Å². The molecule has 0 aliphatic carbocycles. The van der Waals surface area contributed by atoms with Crippen LogP contribution in [0.1, 0.15) is 22.8 Å². The molecule has 0 amide bonds. The first-order valence-corrected chi connectivity index (χ1v) is 6.18. The summed E-state index contributed by atoms with van der Waals surface area (Å²) in [5, 5.41) is 10.2. The minimum atomic E-state index is -0.919. The Hall–Kier alpha value is -1.87. The Labute approximate surface area is 112 Å². The molecule has 0 heterocycles. The summed E-state index contributed by atoms with van der Waals surface area (Å²) in [6.07, 6.45) is -0.558. The molecule has 0 aliphatic rings.